The van der Waals surface area contributed by atoms with Gasteiger partial charge in [-0.25, -0.2) is 13.2 Å². The van der Waals surface area contributed by atoms with Crippen LogP contribution in [0.15, 0.2) is 59.5 Å². The number of hydrogen-bond acceptors (Lipinski definition) is 3. The summed E-state index contributed by atoms with van der Waals surface area (Å²) < 4.78 is 23.0. The van der Waals surface area contributed by atoms with Crippen LogP contribution >= 0.6 is 0 Å². The number of amides is 2. The lowest BCUT2D eigenvalue weighted by Gasteiger charge is -2.18. The number of benzene rings is 2. The van der Waals surface area contributed by atoms with Gasteiger partial charge < -0.3 is 10.6 Å². The van der Waals surface area contributed by atoms with E-state index in [9.17, 15) is 13.2 Å². The van der Waals surface area contributed by atoms with Gasteiger partial charge in [-0.2, -0.15) is 0 Å². The molecule has 6 heteroatoms. The Morgan fingerprint density at radius 1 is 1.04 bits per heavy atom. The standard InChI is InChI=1S/C17H20N2O3S/c1-3-16(13-9-11-15(12-10-13)23(2,21)22)19-17(20)18-14-7-5-4-6-8-14/h4-12,16H,3H2,1-2H3,(H2,18,19,20). The van der Waals surface area contributed by atoms with Gasteiger partial charge in [0.25, 0.3) is 0 Å². The molecule has 5 nitrogen and oxygen atoms in total. The Morgan fingerprint density at radius 2 is 1.65 bits per heavy atom. The molecule has 0 radical (unpaired) electrons. The molecule has 0 aliphatic heterocycles. The number of para-hydroxylation sites is 1. The van der Waals surface area contributed by atoms with Crippen LogP contribution in [0.4, 0.5) is 10.5 Å². The maximum atomic E-state index is 12.1. The first-order valence-corrected chi connectivity index (χ1v) is 9.22. The first-order chi connectivity index (χ1) is 10.9. The topological polar surface area (TPSA) is 75.3 Å². The Kier molecular flexibility index (Phi) is 5.39. The number of anilines is 1. The molecule has 2 rings (SSSR count). The smallest absolute Gasteiger partial charge is 0.319 e. The lowest BCUT2D eigenvalue weighted by atomic mass is 10.1. The van der Waals surface area contributed by atoms with Gasteiger partial charge in [-0.15, -0.1) is 0 Å². The number of urea groups is 1. The van der Waals surface area contributed by atoms with Gasteiger partial charge in [-0.3, -0.25) is 0 Å². The summed E-state index contributed by atoms with van der Waals surface area (Å²) in [6.45, 7) is 1.96. The SMILES string of the molecule is CCC(NC(=O)Nc1ccccc1)c1ccc(S(C)(=O)=O)cc1. The summed E-state index contributed by atoms with van der Waals surface area (Å²) in [5.41, 5.74) is 1.58. The Bertz CT molecular complexity index is 756. The van der Waals surface area contributed by atoms with E-state index in [0.717, 1.165) is 5.56 Å². The second kappa shape index (κ2) is 7.28. The molecule has 1 atom stereocenters. The van der Waals surface area contributed by atoms with E-state index in [0.29, 0.717) is 12.1 Å². The second-order valence-corrected chi connectivity index (χ2v) is 7.28. The van der Waals surface area contributed by atoms with E-state index in [1.165, 1.54) is 6.26 Å². The summed E-state index contributed by atoms with van der Waals surface area (Å²) in [7, 11) is -3.22. The Morgan fingerprint density at radius 3 is 2.17 bits per heavy atom. The fourth-order valence-corrected chi connectivity index (χ4v) is 2.85. The van der Waals surface area contributed by atoms with Crippen molar-refractivity contribution in [1.29, 1.82) is 0 Å². The highest BCUT2D eigenvalue weighted by Crippen LogP contribution is 2.19. The molecular weight excluding hydrogens is 312 g/mol. The highest BCUT2D eigenvalue weighted by Gasteiger charge is 2.14. The van der Waals surface area contributed by atoms with Crippen molar-refractivity contribution in [1.82, 2.24) is 5.32 Å². The van der Waals surface area contributed by atoms with Crippen molar-refractivity contribution in [3.63, 3.8) is 0 Å². The van der Waals surface area contributed by atoms with Crippen molar-refractivity contribution in [2.45, 2.75) is 24.3 Å². The molecule has 2 aromatic carbocycles. The molecule has 0 aliphatic carbocycles. The third-order valence-corrected chi connectivity index (χ3v) is 4.58. The van der Waals surface area contributed by atoms with Crippen molar-refractivity contribution >= 4 is 21.6 Å². The van der Waals surface area contributed by atoms with Crippen LogP contribution in [-0.2, 0) is 9.84 Å². The van der Waals surface area contributed by atoms with Gasteiger partial charge in [0.15, 0.2) is 9.84 Å². The van der Waals surface area contributed by atoms with Gasteiger partial charge >= 0.3 is 6.03 Å². The monoisotopic (exact) mass is 332 g/mol. The Hall–Kier alpha value is -2.34. The second-order valence-electron chi connectivity index (χ2n) is 5.27. The van der Waals surface area contributed by atoms with Gasteiger partial charge in [0.1, 0.15) is 0 Å². The van der Waals surface area contributed by atoms with Crippen LogP contribution in [-0.4, -0.2) is 20.7 Å². The largest absolute Gasteiger partial charge is 0.331 e. The van der Waals surface area contributed by atoms with E-state index in [-0.39, 0.29) is 17.0 Å². The minimum Gasteiger partial charge on any atom is -0.331 e. The quantitative estimate of drug-likeness (QED) is 0.881. The van der Waals surface area contributed by atoms with Crippen LogP contribution in [0.1, 0.15) is 24.9 Å². The first-order valence-electron chi connectivity index (χ1n) is 7.32. The van der Waals surface area contributed by atoms with Crippen LogP contribution < -0.4 is 10.6 Å². The predicted octanol–water partition coefficient (Wildman–Crippen LogP) is 3.36. The molecule has 0 fully saturated rings. The van der Waals surface area contributed by atoms with Gasteiger partial charge in [0.2, 0.25) is 0 Å². The maximum Gasteiger partial charge on any atom is 0.319 e. The van der Waals surface area contributed by atoms with Crippen molar-refractivity contribution in [2.75, 3.05) is 11.6 Å². The number of rotatable bonds is 5. The fraction of sp³-hybridized carbons (Fsp3) is 0.235. The average molecular weight is 332 g/mol. The summed E-state index contributed by atoms with van der Waals surface area (Å²) in [5, 5.41) is 5.66. The first kappa shape index (κ1) is 17.0. The van der Waals surface area contributed by atoms with E-state index in [1.807, 2.05) is 25.1 Å². The molecule has 1 unspecified atom stereocenters. The third-order valence-electron chi connectivity index (χ3n) is 3.46. The van der Waals surface area contributed by atoms with Crippen molar-refractivity contribution < 1.29 is 13.2 Å². The molecular formula is C17H20N2O3S. The zero-order valence-corrected chi connectivity index (χ0v) is 13.9. The molecule has 0 saturated heterocycles. The summed E-state index contributed by atoms with van der Waals surface area (Å²) in [6, 6.07) is 15.3. The zero-order chi connectivity index (χ0) is 16.9. The Labute approximate surface area is 136 Å². The molecule has 0 aromatic heterocycles. The highest BCUT2D eigenvalue weighted by atomic mass is 32.2. The number of hydrogen-bond donors (Lipinski definition) is 2. The van der Waals surface area contributed by atoms with E-state index in [1.54, 1.807) is 36.4 Å². The van der Waals surface area contributed by atoms with Gasteiger partial charge in [-0.1, -0.05) is 37.3 Å². The predicted molar refractivity (Wildman–Crippen MR) is 91.2 cm³/mol. The third kappa shape index (κ3) is 4.82. The van der Waals surface area contributed by atoms with E-state index in [4.69, 9.17) is 0 Å². The lowest BCUT2D eigenvalue weighted by Crippen LogP contribution is -2.32. The van der Waals surface area contributed by atoms with Crippen molar-refractivity contribution in [3.05, 3.63) is 60.2 Å². The number of carbonyl (C=O) groups is 1. The van der Waals surface area contributed by atoms with Crippen LogP contribution in [0.3, 0.4) is 0 Å². The average Bonchev–Trinajstić information content (AvgIpc) is 2.53. The minimum absolute atomic E-state index is 0.188. The van der Waals surface area contributed by atoms with Crippen molar-refractivity contribution in [3.8, 4) is 0 Å². The summed E-state index contributed by atoms with van der Waals surface area (Å²) in [6.07, 6.45) is 1.87. The molecule has 0 heterocycles. The van der Waals surface area contributed by atoms with Crippen LogP contribution in [0.2, 0.25) is 0 Å². The lowest BCUT2D eigenvalue weighted by molar-refractivity contribution is 0.248. The molecule has 2 amide bonds. The fourth-order valence-electron chi connectivity index (χ4n) is 2.22. The molecule has 0 aliphatic rings. The van der Waals surface area contributed by atoms with Crippen molar-refractivity contribution in [2.24, 2.45) is 0 Å². The molecule has 2 aromatic rings. The van der Waals surface area contributed by atoms with Gasteiger partial charge in [-0.05, 0) is 36.2 Å². The van der Waals surface area contributed by atoms with Crippen LogP contribution in [0, 0.1) is 0 Å². The van der Waals surface area contributed by atoms with Gasteiger partial charge in [0, 0.05) is 11.9 Å². The number of nitrogens with one attached hydrogen (secondary N) is 2. The summed E-state index contributed by atoms with van der Waals surface area (Å²) in [5.74, 6) is 0. The molecule has 0 bridgehead atoms. The van der Waals surface area contributed by atoms with Crippen LogP contribution in [0.25, 0.3) is 0 Å². The summed E-state index contributed by atoms with van der Waals surface area (Å²) in [4.78, 5) is 12.3. The molecule has 0 saturated carbocycles. The molecule has 122 valence electrons. The molecule has 0 spiro atoms. The maximum absolute atomic E-state index is 12.1. The summed E-state index contributed by atoms with van der Waals surface area (Å²) >= 11 is 0. The number of carbonyl (C=O) groups excluding carboxylic acids is 1. The minimum atomic E-state index is -3.22. The highest BCUT2D eigenvalue weighted by molar-refractivity contribution is 7.90. The van der Waals surface area contributed by atoms with Gasteiger partial charge in [0.05, 0.1) is 10.9 Å². The number of sulfone groups is 1. The normalized spacial score (nSPS) is 12.4. The molecule has 23 heavy (non-hydrogen) atoms. The van der Waals surface area contributed by atoms with Crippen LogP contribution in [0.5, 0.6) is 0 Å². The van der Waals surface area contributed by atoms with E-state index >= 15 is 0 Å². The Balaban J connectivity index is 2.06. The zero-order valence-electron chi connectivity index (χ0n) is 13.1. The molecule has 2 N–H and O–H groups in total. The van der Waals surface area contributed by atoms with E-state index < -0.39 is 9.84 Å². The van der Waals surface area contributed by atoms with E-state index in [2.05, 4.69) is 10.6 Å².